The first kappa shape index (κ1) is 13.7. The van der Waals surface area contributed by atoms with Gasteiger partial charge < -0.3 is 10.6 Å². The van der Waals surface area contributed by atoms with Gasteiger partial charge in [-0.2, -0.15) is 0 Å². The highest BCUT2D eigenvalue weighted by Gasteiger charge is 2.35. The molecule has 0 aromatic heterocycles. The Morgan fingerprint density at radius 3 is 2.62 bits per heavy atom. The first-order chi connectivity index (χ1) is 9.97. The summed E-state index contributed by atoms with van der Waals surface area (Å²) in [6.45, 7) is 5.63. The lowest BCUT2D eigenvalue weighted by Gasteiger charge is -2.21. The van der Waals surface area contributed by atoms with Gasteiger partial charge in [0.1, 0.15) is 0 Å². The number of hydrogen-bond donors (Lipinski definition) is 1. The van der Waals surface area contributed by atoms with Gasteiger partial charge in [0.05, 0.1) is 6.54 Å². The molecule has 0 saturated carbocycles. The van der Waals surface area contributed by atoms with Crippen molar-refractivity contribution in [2.24, 2.45) is 0 Å². The molecule has 3 rings (SSSR count). The zero-order valence-electron chi connectivity index (χ0n) is 12.5. The van der Waals surface area contributed by atoms with Crippen LogP contribution in [0.1, 0.15) is 29.8 Å². The van der Waals surface area contributed by atoms with Gasteiger partial charge in [-0.3, -0.25) is 4.79 Å². The fourth-order valence-electron chi connectivity index (χ4n) is 3.05. The van der Waals surface area contributed by atoms with Gasteiger partial charge in [0.25, 0.3) is 0 Å². The summed E-state index contributed by atoms with van der Waals surface area (Å²) in [6, 6.07) is 15.4. The van der Waals surface area contributed by atoms with Crippen LogP contribution >= 0.6 is 0 Å². The van der Waals surface area contributed by atoms with E-state index in [1.165, 1.54) is 5.56 Å². The van der Waals surface area contributed by atoms with E-state index in [9.17, 15) is 4.79 Å². The molecule has 0 fully saturated rings. The highest BCUT2D eigenvalue weighted by atomic mass is 16.1. The minimum atomic E-state index is 0.0156. The first-order valence-electron chi connectivity index (χ1n) is 7.20. The Morgan fingerprint density at radius 1 is 1.19 bits per heavy atom. The van der Waals surface area contributed by atoms with Crippen LogP contribution in [0.5, 0.6) is 0 Å². The predicted molar refractivity (Wildman–Crippen MR) is 86.9 cm³/mol. The molecule has 0 spiro atoms. The lowest BCUT2D eigenvalue weighted by atomic mass is 9.87. The van der Waals surface area contributed by atoms with E-state index >= 15 is 0 Å². The van der Waals surface area contributed by atoms with Gasteiger partial charge in [-0.05, 0) is 23.8 Å². The van der Waals surface area contributed by atoms with Gasteiger partial charge >= 0.3 is 0 Å². The number of anilines is 2. The summed E-state index contributed by atoms with van der Waals surface area (Å²) in [5, 5.41) is 0. The van der Waals surface area contributed by atoms with E-state index in [1.54, 1.807) is 0 Å². The molecular formula is C18H20N2O. The van der Waals surface area contributed by atoms with Crippen molar-refractivity contribution in [2.45, 2.75) is 19.3 Å². The van der Waals surface area contributed by atoms with E-state index in [1.807, 2.05) is 48.5 Å². The number of nitrogens with zero attached hydrogens (tertiary/aromatic N) is 1. The molecule has 1 heterocycles. The molecule has 0 atom stereocenters. The van der Waals surface area contributed by atoms with Crippen LogP contribution in [0, 0.1) is 0 Å². The molecule has 3 heteroatoms. The van der Waals surface area contributed by atoms with Crippen LogP contribution < -0.4 is 10.6 Å². The number of nitrogen functional groups attached to an aromatic ring is 1. The molecule has 0 saturated heterocycles. The number of ketones is 1. The maximum atomic E-state index is 12.4. The van der Waals surface area contributed by atoms with Crippen molar-refractivity contribution in [3.8, 4) is 0 Å². The van der Waals surface area contributed by atoms with E-state index in [2.05, 4.69) is 18.7 Å². The third-order valence-corrected chi connectivity index (χ3v) is 4.11. The summed E-state index contributed by atoms with van der Waals surface area (Å²) in [6.07, 6.45) is 0. The number of benzene rings is 2. The predicted octanol–water partition coefficient (Wildman–Crippen LogP) is 3.25. The van der Waals surface area contributed by atoms with Crippen LogP contribution in [0.15, 0.2) is 48.5 Å². The second-order valence-corrected chi connectivity index (χ2v) is 6.31. The Bertz CT molecular complexity index is 677. The molecule has 2 N–H and O–H groups in total. The molecule has 1 aliphatic heterocycles. The van der Waals surface area contributed by atoms with Gasteiger partial charge in [-0.15, -0.1) is 0 Å². The van der Waals surface area contributed by atoms with Gasteiger partial charge in [0.15, 0.2) is 5.78 Å². The van der Waals surface area contributed by atoms with Gasteiger partial charge in [0.2, 0.25) is 0 Å². The highest BCUT2D eigenvalue weighted by Crippen LogP contribution is 2.41. The molecule has 2 aromatic carbocycles. The molecule has 2 aromatic rings. The normalized spacial score (nSPS) is 15.8. The Morgan fingerprint density at radius 2 is 1.90 bits per heavy atom. The second-order valence-electron chi connectivity index (χ2n) is 6.31. The van der Waals surface area contributed by atoms with Crippen LogP contribution in [-0.4, -0.2) is 18.9 Å². The second kappa shape index (κ2) is 4.92. The molecule has 0 aliphatic carbocycles. The summed E-state index contributed by atoms with van der Waals surface area (Å²) < 4.78 is 0. The number of nitrogens with two attached hydrogens (primary N) is 1. The lowest BCUT2D eigenvalue weighted by Crippen LogP contribution is -2.32. The van der Waals surface area contributed by atoms with Gasteiger partial charge in [-0.1, -0.05) is 44.2 Å². The van der Waals surface area contributed by atoms with Crippen molar-refractivity contribution < 1.29 is 4.79 Å². The Balaban J connectivity index is 1.88. The number of carbonyl (C=O) groups excluding carboxylic acids is 1. The zero-order chi connectivity index (χ0) is 15.0. The summed E-state index contributed by atoms with van der Waals surface area (Å²) in [4.78, 5) is 14.6. The maximum Gasteiger partial charge on any atom is 0.182 e. The average Bonchev–Trinajstić information content (AvgIpc) is 2.70. The van der Waals surface area contributed by atoms with Crippen LogP contribution in [0.4, 0.5) is 11.4 Å². The van der Waals surface area contributed by atoms with E-state index in [-0.39, 0.29) is 11.2 Å². The van der Waals surface area contributed by atoms with Crippen LogP contribution in [-0.2, 0) is 5.41 Å². The quantitative estimate of drug-likeness (QED) is 0.693. The fraction of sp³-hybridized carbons (Fsp3) is 0.278. The molecule has 0 unspecified atom stereocenters. The minimum Gasteiger partial charge on any atom is -0.399 e. The third kappa shape index (κ3) is 2.51. The topological polar surface area (TPSA) is 46.3 Å². The summed E-state index contributed by atoms with van der Waals surface area (Å²) in [7, 11) is 0. The Hall–Kier alpha value is -2.29. The SMILES string of the molecule is CC1(C)CN(CC(=O)c2ccccc2)c2ccc(N)cc21. The average molecular weight is 280 g/mol. The molecule has 0 radical (unpaired) electrons. The number of rotatable bonds is 3. The van der Waals surface area contributed by atoms with Gasteiger partial charge in [-0.25, -0.2) is 0 Å². The van der Waals surface area contributed by atoms with Crippen molar-refractivity contribution in [1.82, 2.24) is 0 Å². The van der Waals surface area contributed by atoms with E-state index in [0.717, 1.165) is 23.5 Å². The zero-order valence-corrected chi connectivity index (χ0v) is 12.5. The van der Waals surface area contributed by atoms with Crippen molar-refractivity contribution >= 4 is 17.2 Å². The minimum absolute atomic E-state index is 0.0156. The standard InChI is InChI=1S/C18H20N2O/c1-18(2)12-20(16-9-8-14(19)10-15(16)18)11-17(21)13-6-4-3-5-7-13/h3-10H,11-12,19H2,1-2H3. The third-order valence-electron chi connectivity index (χ3n) is 4.11. The summed E-state index contributed by atoms with van der Waals surface area (Å²) >= 11 is 0. The smallest absolute Gasteiger partial charge is 0.182 e. The molecule has 0 amide bonds. The van der Waals surface area contributed by atoms with Crippen LogP contribution in [0.2, 0.25) is 0 Å². The molecule has 0 bridgehead atoms. The molecule has 108 valence electrons. The molecular weight excluding hydrogens is 260 g/mol. The van der Waals surface area contributed by atoms with Gasteiger partial charge in [0, 0.05) is 28.9 Å². The van der Waals surface area contributed by atoms with Crippen molar-refractivity contribution in [2.75, 3.05) is 23.7 Å². The fourth-order valence-corrected chi connectivity index (χ4v) is 3.05. The highest BCUT2D eigenvalue weighted by molar-refractivity contribution is 5.99. The molecule has 1 aliphatic rings. The molecule has 21 heavy (non-hydrogen) atoms. The van der Waals surface area contributed by atoms with Crippen molar-refractivity contribution in [3.05, 3.63) is 59.7 Å². The molecule has 3 nitrogen and oxygen atoms in total. The Kier molecular flexibility index (Phi) is 3.20. The summed E-state index contributed by atoms with van der Waals surface area (Å²) in [5.41, 5.74) is 9.81. The number of fused-ring (bicyclic) bond motifs is 1. The van der Waals surface area contributed by atoms with Crippen molar-refractivity contribution in [3.63, 3.8) is 0 Å². The largest absolute Gasteiger partial charge is 0.399 e. The maximum absolute atomic E-state index is 12.4. The monoisotopic (exact) mass is 280 g/mol. The lowest BCUT2D eigenvalue weighted by molar-refractivity contribution is 0.0999. The number of carbonyl (C=O) groups is 1. The Labute approximate surface area is 125 Å². The van der Waals surface area contributed by atoms with E-state index in [4.69, 9.17) is 5.73 Å². The van der Waals surface area contributed by atoms with Crippen molar-refractivity contribution in [1.29, 1.82) is 0 Å². The van der Waals surface area contributed by atoms with Crippen LogP contribution in [0.25, 0.3) is 0 Å². The summed E-state index contributed by atoms with van der Waals surface area (Å²) in [5.74, 6) is 0.149. The first-order valence-corrected chi connectivity index (χ1v) is 7.20. The van der Waals surface area contributed by atoms with E-state index < -0.39 is 0 Å². The number of Topliss-reactive ketones (excluding diaryl/α,β-unsaturated/α-hetero) is 1. The van der Waals surface area contributed by atoms with E-state index in [0.29, 0.717) is 6.54 Å². The number of hydrogen-bond acceptors (Lipinski definition) is 3. The van der Waals surface area contributed by atoms with Crippen LogP contribution in [0.3, 0.4) is 0 Å².